The summed E-state index contributed by atoms with van der Waals surface area (Å²) in [6.45, 7) is -0.633. The van der Waals surface area contributed by atoms with E-state index < -0.39 is 61.2 Å². The number of amides is 1. The van der Waals surface area contributed by atoms with Gasteiger partial charge < -0.3 is 45.4 Å². The smallest absolute Gasteiger partial charge is 0.307 e. The zero-order chi connectivity index (χ0) is 19.9. The predicted molar refractivity (Wildman–Crippen MR) is 85.6 cm³/mol. The van der Waals surface area contributed by atoms with Gasteiger partial charge >= 0.3 is 5.97 Å². The van der Waals surface area contributed by atoms with Crippen LogP contribution in [-0.4, -0.2) is 79.8 Å². The first-order valence-electron chi connectivity index (χ1n) is 8.04. The molecule has 7 N–H and O–H groups in total. The van der Waals surface area contributed by atoms with Gasteiger partial charge in [-0.15, -0.1) is 0 Å². The van der Waals surface area contributed by atoms with E-state index in [0.29, 0.717) is 0 Å². The third kappa shape index (κ3) is 3.36. The van der Waals surface area contributed by atoms with E-state index in [1.54, 1.807) is 0 Å². The lowest BCUT2D eigenvalue weighted by Crippen LogP contribution is -2.60. The second-order valence-corrected chi connectivity index (χ2v) is 6.41. The van der Waals surface area contributed by atoms with Crippen molar-refractivity contribution in [3.05, 3.63) is 23.8 Å². The monoisotopic (exact) mass is 385 g/mol. The number of carboxylic acids is 1. The molecule has 1 amide bonds. The molecule has 1 fully saturated rings. The van der Waals surface area contributed by atoms with Crippen molar-refractivity contribution >= 4 is 17.6 Å². The first-order valence-corrected chi connectivity index (χ1v) is 8.04. The van der Waals surface area contributed by atoms with E-state index in [1.807, 2.05) is 0 Å². The molecule has 2 heterocycles. The van der Waals surface area contributed by atoms with Crippen LogP contribution >= 0.6 is 0 Å². The third-order valence-corrected chi connectivity index (χ3v) is 4.57. The standard InChI is InChI=1S/C16H19NO10/c18-5-9-11(21)12(22)13(23)14(27-9)26-6-1-2-8-7(3-6)16(25,4-10(19)20)15(24)17-8/h1-3,9,11-14,18,21-23,25H,4-5H2,(H,17,24)(H,19,20). The largest absolute Gasteiger partial charge is 0.481 e. The molecule has 1 aromatic carbocycles. The lowest BCUT2D eigenvalue weighted by molar-refractivity contribution is -0.277. The highest BCUT2D eigenvalue weighted by molar-refractivity contribution is 6.06. The number of aliphatic hydroxyl groups excluding tert-OH is 4. The van der Waals surface area contributed by atoms with Crippen molar-refractivity contribution in [3.8, 4) is 5.75 Å². The molecule has 6 atom stereocenters. The number of hydrogen-bond donors (Lipinski definition) is 7. The number of rotatable bonds is 5. The number of aliphatic hydroxyl groups is 5. The first kappa shape index (κ1) is 19.5. The zero-order valence-electron chi connectivity index (χ0n) is 13.8. The molecule has 1 aromatic rings. The van der Waals surface area contributed by atoms with Crippen LogP contribution in [0.5, 0.6) is 5.75 Å². The normalized spacial score (nSPS) is 35.4. The summed E-state index contributed by atoms with van der Waals surface area (Å²) in [7, 11) is 0. The summed E-state index contributed by atoms with van der Waals surface area (Å²) < 4.78 is 10.6. The predicted octanol–water partition coefficient (Wildman–Crippen LogP) is -2.52. The van der Waals surface area contributed by atoms with Gasteiger partial charge in [0.15, 0.2) is 5.60 Å². The van der Waals surface area contributed by atoms with E-state index in [9.17, 15) is 35.1 Å². The summed E-state index contributed by atoms with van der Waals surface area (Å²) in [6.07, 6.45) is -8.33. The summed E-state index contributed by atoms with van der Waals surface area (Å²) in [5.74, 6) is -2.29. The fourth-order valence-corrected chi connectivity index (χ4v) is 3.09. The second kappa shape index (κ2) is 7.03. The average Bonchev–Trinajstić information content (AvgIpc) is 2.85. The van der Waals surface area contributed by atoms with Gasteiger partial charge in [-0.05, 0) is 18.2 Å². The quantitative estimate of drug-likeness (QED) is 0.285. The van der Waals surface area contributed by atoms with Crippen molar-refractivity contribution in [3.63, 3.8) is 0 Å². The average molecular weight is 385 g/mol. The Morgan fingerprint density at radius 3 is 2.56 bits per heavy atom. The van der Waals surface area contributed by atoms with E-state index in [-0.39, 0.29) is 17.0 Å². The summed E-state index contributed by atoms with van der Waals surface area (Å²) >= 11 is 0. The van der Waals surface area contributed by atoms with E-state index in [4.69, 9.17) is 14.6 Å². The maximum Gasteiger partial charge on any atom is 0.307 e. The number of carbonyl (C=O) groups is 2. The van der Waals surface area contributed by atoms with Crippen LogP contribution in [0, 0.1) is 0 Å². The molecular formula is C16H19NO10. The molecular weight excluding hydrogens is 366 g/mol. The van der Waals surface area contributed by atoms with Crippen LogP contribution in [0.1, 0.15) is 12.0 Å². The zero-order valence-corrected chi connectivity index (χ0v) is 13.8. The molecule has 11 heteroatoms. The molecule has 0 spiro atoms. The van der Waals surface area contributed by atoms with Crippen LogP contribution in [0.4, 0.5) is 5.69 Å². The van der Waals surface area contributed by atoms with Gasteiger partial charge in [-0.3, -0.25) is 9.59 Å². The molecule has 11 nitrogen and oxygen atoms in total. The Morgan fingerprint density at radius 2 is 1.93 bits per heavy atom. The highest BCUT2D eigenvalue weighted by atomic mass is 16.7. The van der Waals surface area contributed by atoms with Gasteiger partial charge in [0.1, 0.15) is 30.2 Å². The number of fused-ring (bicyclic) bond motifs is 1. The molecule has 3 rings (SSSR count). The van der Waals surface area contributed by atoms with Gasteiger partial charge in [-0.25, -0.2) is 0 Å². The van der Waals surface area contributed by atoms with E-state index in [0.717, 1.165) is 0 Å². The number of nitrogens with one attached hydrogen (secondary N) is 1. The summed E-state index contributed by atoms with van der Waals surface area (Å²) in [5, 5.41) is 60.6. The van der Waals surface area contributed by atoms with Crippen molar-refractivity contribution in [2.24, 2.45) is 0 Å². The second-order valence-electron chi connectivity index (χ2n) is 6.41. The molecule has 6 unspecified atom stereocenters. The van der Waals surface area contributed by atoms with Crippen molar-refractivity contribution in [1.29, 1.82) is 0 Å². The van der Waals surface area contributed by atoms with Crippen LogP contribution in [-0.2, 0) is 19.9 Å². The fourth-order valence-electron chi connectivity index (χ4n) is 3.09. The summed E-state index contributed by atoms with van der Waals surface area (Å²) in [6, 6.07) is 3.94. The molecule has 0 radical (unpaired) electrons. The third-order valence-electron chi connectivity index (χ3n) is 4.57. The maximum atomic E-state index is 12.0. The highest BCUT2D eigenvalue weighted by Gasteiger charge is 2.48. The molecule has 2 aliphatic heterocycles. The highest BCUT2D eigenvalue weighted by Crippen LogP contribution is 2.40. The number of ether oxygens (including phenoxy) is 2. The van der Waals surface area contributed by atoms with Gasteiger partial charge in [-0.1, -0.05) is 0 Å². The molecule has 0 aromatic heterocycles. The fraction of sp³-hybridized carbons (Fsp3) is 0.500. The van der Waals surface area contributed by atoms with E-state index >= 15 is 0 Å². The minimum absolute atomic E-state index is 0.00149. The Balaban J connectivity index is 1.86. The Hall–Kier alpha value is -2.28. The van der Waals surface area contributed by atoms with Gasteiger partial charge in [0.05, 0.1) is 13.0 Å². The van der Waals surface area contributed by atoms with E-state index in [1.165, 1.54) is 18.2 Å². The van der Waals surface area contributed by atoms with Crippen LogP contribution in [0.15, 0.2) is 18.2 Å². The number of benzene rings is 1. The Bertz CT molecular complexity index is 753. The van der Waals surface area contributed by atoms with Crippen LogP contribution in [0.25, 0.3) is 0 Å². The first-order chi connectivity index (χ1) is 12.7. The maximum absolute atomic E-state index is 12.0. The van der Waals surface area contributed by atoms with Crippen LogP contribution in [0.3, 0.4) is 0 Å². The van der Waals surface area contributed by atoms with Gasteiger partial charge in [0.2, 0.25) is 6.29 Å². The number of anilines is 1. The summed E-state index contributed by atoms with van der Waals surface area (Å²) in [5.41, 5.74) is -2.13. The molecule has 0 saturated carbocycles. The SMILES string of the molecule is O=C(O)CC1(O)C(=O)Nc2ccc(OC3OC(CO)C(O)C(O)C3O)cc21. The van der Waals surface area contributed by atoms with Crippen molar-refractivity contribution in [2.45, 2.75) is 42.7 Å². The van der Waals surface area contributed by atoms with Crippen molar-refractivity contribution in [2.75, 3.05) is 11.9 Å². The number of carbonyl (C=O) groups excluding carboxylic acids is 1. The molecule has 148 valence electrons. The minimum Gasteiger partial charge on any atom is -0.481 e. The number of carboxylic acid groups (broad SMARTS) is 1. The van der Waals surface area contributed by atoms with Crippen LogP contribution < -0.4 is 10.1 Å². The van der Waals surface area contributed by atoms with Gasteiger partial charge in [0, 0.05) is 11.3 Å². The lowest BCUT2D eigenvalue weighted by atomic mass is 9.92. The topological polar surface area (TPSA) is 186 Å². The Morgan fingerprint density at radius 1 is 1.22 bits per heavy atom. The number of hydrogen-bond acceptors (Lipinski definition) is 9. The molecule has 27 heavy (non-hydrogen) atoms. The molecule has 1 saturated heterocycles. The minimum atomic E-state index is -2.30. The lowest BCUT2D eigenvalue weighted by Gasteiger charge is -2.39. The Labute approximate surface area is 152 Å². The van der Waals surface area contributed by atoms with Gasteiger partial charge in [0.25, 0.3) is 5.91 Å². The van der Waals surface area contributed by atoms with Gasteiger partial charge in [-0.2, -0.15) is 0 Å². The van der Waals surface area contributed by atoms with Crippen molar-refractivity contribution in [1.82, 2.24) is 0 Å². The van der Waals surface area contributed by atoms with E-state index in [2.05, 4.69) is 5.32 Å². The molecule has 0 aliphatic carbocycles. The molecule has 2 aliphatic rings. The van der Waals surface area contributed by atoms with Crippen LogP contribution in [0.2, 0.25) is 0 Å². The summed E-state index contributed by atoms with van der Waals surface area (Å²) in [4.78, 5) is 23.0. The number of aliphatic carboxylic acids is 1. The molecule has 0 bridgehead atoms. The Kier molecular flexibility index (Phi) is 5.08. The van der Waals surface area contributed by atoms with Crippen molar-refractivity contribution < 1.29 is 49.7 Å².